The van der Waals surface area contributed by atoms with Crippen LogP contribution in [0.25, 0.3) is 0 Å². The third kappa shape index (κ3) is 11.1. The molecule has 2 heterocycles. The number of hydrogen-bond donors (Lipinski definition) is 10. The van der Waals surface area contributed by atoms with Crippen molar-refractivity contribution in [2.45, 2.75) is 92.9 Å². The number of hydrogen-bond acceptors (Lipinski definition) is 16. The predicted octanol–water partition coefficient (Wildman–Crippen LogP) is -3.69. The van der Waals surface area contributed by atoms with Crippen LogP contribution in [-0.4, -0.2) is 153 Å². The maximum Gasteiger partial charge on any atom is 0.408 e. The van der Waals surface area contributed by atoms with Crippen molar-refractivity contribution in [1.82, 2.24) is 16.0 Å². The second-order valence-electron chi connectivity index (χ2n) is 12.4. The molecule has 19 heteroatoms. The zero-order valence-electron chi connectivity index (χ0n) is 28.5. The van der Waals surface area contributed by atoms with E-state index in [9.17, 15) is 54.9 Å². The first-order chi connectivity index (χ1) is 25.4. The number of aliphatic hydroxyl groups is 7. The highest BCUT2D eigenvalue weighted by Gasteiger charge is 2.50. The first-order valence-corrected chi connectivity index (χ1v) is 16.6. The van der Waals surface area contributed by atoms with E-state index in [-0.39, 0.29) is 13.0 Å². The molecule has 0 saturated carbocycles. The van der Waals surface area contributed by atoms with Gasteiger partial charge in [0.25, 0.3) is 0 Å². The summed E-state index contributed by atoms with van der Waals surface area (Å²) < 4.78 is 26.4. The number of ether oxygens (including phenoxy) is 5. The average molecular weight is 752 g/mol. The van der Waals surface area contributed by atoms with Crippen molar-refractivity contribution in [3.05, 3.63) is 71.8 Å². The van der Waals surface area contributed by atoms with Crippen molar-refractivity contribution >= 4 is 23.9 Å². The summed E-state index contributed by atoms with van der Waals surface area (Å²) in [6, 6.07) is 14.4. The van der Waals surface area contributed by atoms with E-state index in [2.05, 4.69) is 16.0 Å². The van der Waals surface area contributed by atoms with Gasteiger partial charge in [0, 0.05) is 6.42 Å². The topological polar surface area (TPSA) is 292 Å². The minimum Gasteiger partial charge on any atom is -0.467 e. The molecule has 292 valence electrons. The third-order valence-corrected chi connectivity index (χ3v) is 8.60. The van der Waals surface area contributed by atoms with Gasteiger partial charge in [-0.3, -0.25) is 9.59 Å². The molecule has 53 heavy (non-hydrogen) atoms. The maximum atomic E-state index is 13.5. The molecule has 0 aliphatic carbocycles. The van der Waals surface area contributed by atoms with Crippen molar-refractivity contribution in [1.29, 1.82) is 0 Å². The van der Waals surface area contributed by atoms with Gasteiger partial charge in [-0.15, -0.1) is 0 Å². The van der Waals surface area contributed by atoms with Gasteiger partial charge in [0.05, 0.1) is 26.7 Å². The predicted molar refractivity (Wildman–Crippen MR) is 177 cm³/mol. The largest absolute Gasteiger partial charge is 0.467 e. The van der Waals surface area contributed by atoms with E-state index in [0.29, 0.717) is 11.1 Å². The van der Waals surface area contributed by atoms with Gasteiger partial charge >= 0.3 is 12.1 Å². The fourth-order valence-electron chi connectivity index (χ4n) is 5.69. The van der Waals surface area contributed by atoms with E-state index >= 15 is 0 Å². The average Bonchev–Trinajstić information content (AvgIpc) is 3.16. The molecular formula is C34H45N3O16. The van der Waals surface area contributed by atoms with Crippen molar-refractivity contribution in [2.75, 3.05) is 20.3 Å². The summed E-state index contributed by atoms with van der Waals surface area (Å²) >= 11 is 0. The van der Waals surface area contributed by atoms with Crippen LogP contribution in [0.15, 0.2) is 60.7 Å². The molecule has 0 unspecified atom stereocenters. The number of alkyl carbamates (subject to hydrolysis) is 1. The molecule has 0 spiro atoms. The quantitative estimate of drug-likeness (QED) is 0.0784. The molecule has 2 aliphatic heterocycles. The molecule has 2 saturated heterocycles. The molecule has 3 amide bonds. The maximum absolute atomic E-state index is 13.5. The third-order valence-electron chi connectivity index (χ3n) is 8.60. The summed E-state index contributed by atoms with van der Waals surface area (Å²) in [5.41, 5.74) is 1.30. The van der Waals surface area contributed by atoms with Gasteiger partial charge in [0.2, 0.25) is 11.8 Å². The molecule has 2 fully saturated rings. The molecule has 2 aliphatic rings. The van der Waals surface area contributed by atoms with Gasteiger partial charge in [-0.1, -0.05) is 60.7 Å². The minimum atomic E-state index is -1.96. The van der Waals surface area contributed by atoms with Gasteiger partial charge in [0.1, 0.15) is 67.5 Å². The lowest BCUT2D eigenvalue weighted by Gasteiger charge is -2.46. The molecule has 0 aromatic heterocycles. The van der Waals surface area contributed by atoms with E-state index in [0.717, 1.165) is 7.11 Å². The Morgan fingerprint density at radius 2 is 1.36 bits per heavy atom. The van der Waals surface area contributed by atoms with E-state index in [1.54, 1.807) is 60.7 Å². The van der Waals surface area contributed by atoms with Gasteiger partial charge in [-0.25, -0.2) is 9.59 Å². The van der Waals surface area contributed by atoms with Crippen LogP contribution in [0, 0.1) is 0 Å². The standard InChI is InChI=1S/C34H45N3O16/c1-49-32(47)20(12-17-8-4-2-5-9-17)35-30(46)19(36-34(48)50-16-18-10-6-3-7-11-18)13-23(40)37-31-27(44)26(43)29(22(15-39)51-31)53-33-28(45)25(42)24(41)21(14-38)52-33/h2-11,19-22,24-29,31,33,38-39,41-45H,12-16H2,1H3,(H,35,46)(H,36,48)(H,37,40)/t19-,20-,21+,22+,24+,25-,26+,27+,28+,29+,31+,33-/m0/s1. The second-order valence-corrected chi connectivity index (χ2v) is 12.4. The van der Waals surface area contributed by atoms with Gasteiger partial charge in [-0.2, -0.15) is 0 Å². The van der Waals surface area contributed by atoms with Crippen LogP contribution in [0.5, 0.6) is 0 Å². The number of carbonyl (C=O) groups is 4. The molecule has 4 rings (SSSR count). The van der Waals surface area contributed by atoms with Crippen LogP contribution in [-0.2, 0) is 51.1 Å². The van der Waals surface area contributed by atoms with Crippen LogP contribution in [0.2, 0.25) is 0 Å². The minimum absolute atomic E-state index is 0.00548. The van der Waals surface area contributed by atoms with E-state index in [4.69, 9.17) is 23.7 Å². The Balaban J connectivity index is 1.45. The second kappa shape index (κ2) is 19.7. The first-order valence-electron chi connectivity index (χ1n) is 16.6. The van der Waals surface area contributed by atoms with Crippen LogP contribution < -0.4 is 16.0 Å². The van der Waals surface area contributed by atoms with E-state index < -0.39 is 117 Å². The Hall–Kier alpha value is -4.28. The lowest BCUT2D eigenvalue weighted by atomic mass is 9.96. The number of benzene rings is 2. The number of carbonyl (C=O) groups excluding carboxylic acids is 4. The summed E-state index contributed by atoms with van der Waals surface area (Å²) in [7, 11) is 1.12. The number of amides is 3. The number of nitrogens with one attached hydrogen (secondary N) is 3. The SMILES string of the molecule is COC(=O)[C@H](Cc1ccccc1)NC(=O)[C@H](CC(=O)N[C@@H]1O[C@H](CO)[C@@H](O[C@@H]2O[C@H](CO)[C@@H](O)[C@H](O)[C@H]2O)[C@H](O)[C@H]1O)NC(=O)OCc1ccccc1. The zero-order chi connectivity index (χ0) is 38.7. The summed E-state index contributed by atoms with van der Waals surface area (Å²) in [6.07, 6.45) is -19.1. The Kier molecular flexibility index (Phi) is 15.4. The van der Waals surface area contributed by atoms with Crippen molar-refractivity contribution < 1.29 is 78.6 Å². The molecule has 12 atom stereocenters. The Morgan fingerprint density at radius 1 is 0.736 bits per heavy atom. The number of aliphatic hydroxyl groups excluding tert-OH is 7. The highest BCUT2D eigenvalue weighted by atomic mass is 16.7. The molecule has 0 radical (unpaired) electrons. The van der Waals surface area contributed by atoms with E-state index in [1.165, 1.54) is 0 Å². The summed E-state index contributed by atoms with van der Waals surface area (Å²) in [6.45, 7) is -1.82. The normalized spacial score (nSPS) is 29.6. The summed E-state index contributed by atoms with van der Waals surface area (Å²) in [5, 5.41) is 78.8. The van der Waals surface area contributed by atoms with Crippen molar-refractivity contribution in [3.63, 3.8) is 0 Å². The smallest absolute Gasteiger partial charge is 0.408 e. The number of methoxy groups -OCH3 is 1. The fraction of sp³-hybridized carbons (Fsp3) is 0.529. The van der Waals surface area contributed by atoms with Crippen LogP contribution in [0.1, 0.15) is 17.5 Å². The van der Waals surface area contributed by atoms with Gasteiger partial charge in [0.15, 0.2) is 12.5 Å². The van der Waals surface area contributed by atoms with E-state index in [1.807, 2.05) is 0 Å². The zero-order valence-corrected chi connectivity index (χ0v) is 28.5. The molecule has 10 N–H and O–H groups in total. The fourth-order valence-corrected chi connectivity index (χ4v) is 5.69. The highest BCUT2D eigenvalue weighted by Crippen LogP contribution is 2.28. The Labute approximate surface area is 303 Å². The number of rotatable bonds is 15. The first kappa shape index (κ1) is 41.5. The van der Waals surface area contributed by atoms with Crippen LogP contribution in [0.4, 0.5) is 4.79 Å². The van der Waals surface area contributed by atoms with Gasteiger partial charge in [-0.05, 0) is 11.1 Å². The molecule has 19 nitrogen and oxygen atoms in total. The molecule has 0 bridgehead atoms. The Morgan fingerprint density at radius 3 is 1.96 bits per heavy atom. The highest BCUT2D eigenvalue weighted by molar-refractivity contribution is 5.93. The van der Waals surface area contributed by atoms with Crippen LogP contribution >= 0.6 is 0 Å². The number of esters is 1. The van der Waals surface area contributed by atoms with Crippen molar-refractivity contribution in [2.24, 2.45) is 0 Å². The van der Waals surface area contributed by atoms with Gasteiger partial charge < -0.3 is 75.4 Å². The molecule has 2 aromatic rings. The van der Waals surface area contributed by atoms with Crippen molar-refractivity contribution in [3.8, 4) is 0 Å². The lowest BCUT2D eigenvalue weighted by Crippen LogP contribution is -2.66. The van der Waals surface area contributed by atoms with Crippen LogP contribution in [0.3, 0.4) is 0 Å². The summed E-state index contributed by atoms with van der Waals surface area (Å²) in [4.78, 5) is 52.3. The monoisotopic (exact) mass is 751 g/mol. The Bertz CT molecular complexity index is 1480. The lowest BCUT2D eigenvalue weighted by molar-refractivity contribution is -0.343. The molecular weight excluding hydrogens is 706 g/mol. The molecule has 2 aromatic carbocycles. The summed E-state index contributed by atoms with van der Waals surface area (Å²) in [5.74, 6) is -2.79.